The van der Waals surface area contributed by atoms with E-state index in [4.69, 9.17) is 9.84 Å². The first-order valence-electron chi connectivity index (χ1n) is 4.73. The van der Waals surface area contributed by atoms with E-state index in [1.807, 2.05) is 0 Å². The van der Waals surface area contributed by atoms with Gasteiger partial charge >= 0.3 is 0 Å². The molecule has 1 fully saturated rings. The highest BCUT2D eigenvalue weighted by atomic mass is 16.5. The Kier molecular flexibility index (Phi) is 4.58. The predicted octanol–water partition coefficient (Wildman–Crippen LogP) is 0.480. The lowest BCUT2D eigenvalue weighted by Crippen LogP contribution is -2.39. The molecule has 0 aliphatic carbocycles. The molecule has 3 nitrogen and oxygen atoms in total. The first-order chi connectivity index (χ1) is 5.84. The Labute approximate surface area is 74.3 Å². The third-order valence-corrected chi connectivity index (χ3v) is 2.47. The second kappa shape index (κ2) is 5.51. The molecule has 0 amide bonds. The van der Waals surface area contributed by atoms with E-state index >= 15 is 0 Å². The van der Waals surface area contributed by atoms with Crippen molar-refractivity contribution in [2.24, 2.45) is 0 Å². The third kappa shape index (κ3) is 3.09. The van der Waals surface area contributed by atoms with Gasteiger partial charge in [-0.05, 0) is 26.4 Å². The molecule has 1 N–H and O–H groups in total. The van der Waals surface area contributed by atoms with Crippen LogP contribution in [0, 0.1) is 0 Å². The fourth-order valence-electron chi connectivity index (χ4n) is 1.64. The largest absolute Gasteiger partial charge is 0.394 e. The fourth-order valence-corrected chi connectivity index (χ4v) is 1.64. The molecule has 0 spiro atoms. The van der Waals surface area contributed by atoms with E-state index in [1.54, 1.807) is 0 Å². The highest BCUT2D eigenvalue weighted by molar-refractivity contribution is 4.73. The lowest BCUT2D eigenvalue weighted by atomic mass is 10.0. The average molecular weight is 173 g/mol. The van der Waals surface area contributed by atoms with Gasteiger partial charge in [-0.3, -0.25) is 0 Å². The van der Waals surface area contributed by atoms with E-state index in [-0.39, 0.29) is 6.61 Å². The lowest BCUT2D eigenvalue weighted by Gasteiger charge is -2.32. The van der Waals surface area contributed by atoms with Gasteiger partial charge < -0.3 is 14.7 Å². The van der Waals surface area contributed by atoms with Crippen molar-refractivity contribution in [2.45, 2.75) is 25.3 Å². The van der Waals surface area contributed by atoms with Crippen LogP contribution < -0.4 is 0 Å². The van der Waals surface area contributed by atoms with Crippen molar-refractivity contribution in [3.8, 4) is 0 Å². The van der Waals surface area contributed by atoms with Gasteiger partial charge in [0.05, 0.1) is 19.8 Å². The van der Waals surface area contributed by atoms with Crippen LogP contribution in [0.25, 0.3) is 0 Å². The highest BCUT2D eigenvalue weighted by Gasteiger charge is 2.18. The molecule has 0 aromatic rings. The maximum atomic E-state index is 8.52. The molecule has 0 bridgehead atoms. The summed E-state index contributed by atoms with van der Waals surface area (Å²) in [7, 11) is 2.14. The Morgan fingerprint density at radius 1 is 1.50 bits per heavy atom. The maximum absolute atomic E-state index is 8.52. The van der Waals surface area contributed by atoms with Gasteiger partial charge in [0, 0.05) is 6.04 Å². The average Bonchev–Trinajstić information content (AvgIpc) is 2.09. The lowest BCUT2D eigenvalue weighted by molar-refractivity contribution is 0.0353. The minimum Gasteiger partial charge on any atom is -0.394 e. The summed E-state index contributed by atoms with van der Waals surface area (Å²) in [4.78, 5) is 2.35. The monoisotopic (exact) mass is 173 g/mol. The standard InChI is InChI=1S/C9H19NO2/c1-10-5-3-2-4-9(10)8-12-7-6-11/h9,11H,2-8H2,1H3/t9-/m1/s1. The van der Waals surface area contributed by atoms with E-state index in [0.717, 1.165) is 6.61 Å². The number of hydrogen-bond donors (Lipinski definition) is 1. The smallest absolute Gasteiger partial charge is 0.0698 e. The molecular weight excluding hydrogens is 154 g/mol. The first-order valence-corrected chi connectivity index (χ1v) is 4.73. The van der Waals surface area contributed by atoms with Crippen LogP contribution in [0.4, 0.5) is 0 Å². The van der Waals surface area contributed by atoms with Crippen LogP contribution in [-0.4, -0.2) is 49.5 Å². The molecule has 12 heavy (non-hydrogen) atoms. The number of aliphatic hydroxyl groups is 1. The van der Waals surface area contributed by atoms with E-state index in [1.165, 1.54) is 25.8 Å². The first kappa shape index (κ1) is 9.96. The molecule has 0 aromatic carbocycles. The summed E-state index contributed by atoms with van der Waals surface area (Å²) in [5.41, 5.74) is 0. The minimum atomic E-state index is 0.135. The summed E-state index contributed by atoms with van der Waals surface area (Å²) >= 11 is 0. The summed E-state index contributed by atoms with van der Waals surface area (Å²) in [6, 6.07) is 0.574. The summed E-state index contributed by atoms with van der Waals surface area (Å²) in [6.45, 7) is 2.57. The van der Waals surface area contributed by atoms with Gasteiger partial charge in [-0.1, -0.05) is 6.42 Å². The van der Waals surface area contributed by atoms with Crippen LogP contribution >= 0.6 is 0 Å². The van der Waals surface area contributed by atoms with Crippen LogP contribution in [0.3, 0.4) is 0 Å². The molecule has 0 radical (unpaired) electrons. The minimum absolute atomic E-state index is 0.135. The number of likely N-dealkylation sites (N-methyl/N-ethyl adjacent to an activating group) is 1. The molecule has 1 rings (SSSR count). The van der Waals surface area contributed by atoms with Crippen molar-refractivity contribution in [1.82, 2.24) is 4.90 Å². The molecule has 0 saturated carbocycles. The Morgan fingerprint density at radius 3 is 3.00 bits per heavy atom. The zero-order valence-electron chi connectivity index (χ0n) is 7.83. The van der Waals surface area contributed by atoms with E-state index in [9.17, 15) is 0 Å². The van der Waals surface area contributed by atoms with Crippen molar-refractivity contribution in [3.05, 3.63) is 0 Å². The summed E-state index contributed by atoms with van der Waals surface area (Å²) < 4.78 is 5.30. The van der Waals surface area contributed by atoms with Gasteiger partial charge in [0.1, 0.15) is 0 Å². The summed E-state index contributed by atoms with van der Waals surface area (Å²) in [5, 5.41) is 8.52. The normalized spacial score (nSPS) is 26.0. The van der Waals surface area contributed by atoms with Crippen molar-refractivity contribution in [3.63, 3.8) is 0 Å². The Hall–Kier alpha value is -0.120. The quantitative estimate of drug-likeness (QED) is 0.628. The molecule has 1 aliphatic heterocycles. The number of hydrogen-bond acceptors (Lipinski definition) is 3. The SMILES string of the molecule is CN1CCCC[C@@H]1COCCO. The maximum Gasteiger partial charge on any atom is 0.0698 e. The number of rotatable bonds is 4. The Bertz CT molecular complexity index is 119. The van der Waals surface area contributed by atoms with E-state index in [2.05, 4.69) is 11.9 Å². The van der Waals surface area contributed by atoms with Crippen LogP contribution in [0.2, 0.25) is 0 Å². The molecule has 1 heterocycles. The van der Waals surface area contributed by atoms with Crippen molar-refractivity contribution in [1.29, 1.82) is 0 Å². The van der Waals surface area contributed by atoms with Gasteiger partial charge in [0.15, 0.2) is 0 Å². The number of piperidine rings is 1. The molecule has 72 valence electrons. The molecule has 1 saturated heterocycles. The Morgan fingerprint density at radius 2 is 2.33 bits per heavy atom. The van der Waals surface area contributed by atoms with E-state index < -0.39 is 0 Å². The van der Waals surface area contributed by atoms with Crippen molar-refractivity contribution >= 4 is 0 Å². The van der Waals surface area contributed by atoms with Crippen LogP contribution in [0.1, 0.15) is 19.3 Å². The zero-order valence-corrected chi connectivity index (χ0v) is 7.83. The second-order valence-electron chi connectivity index (χ2n) is 3.43. The van der Waals surface area contributed by atoms with Crippen LogP contribution in [-0.2, 0) is 4.74 Å². The van der Waals surface area contributed by atoms with Gasteiger partial charge in [-0.15, -0.1) is 0 Å². The van der Waals surface area contributed by atoms with Crippen molar-refractivity contribution < 1.29 is 9.84 Å². The summed E-state index contributed by atoms with van der Waals surface area (Å²) in [6.07, 6.45) is 3.87. The van der Waals surface area contributed by atoms with Crippen LogP contribution in [0.5, 0.6) is 0 Å². The van der Waals surface area contributed by atoms with Crippen LogP contribution in [0.15, 0.2) is 0 Å². The Balaban J connectivity index is 2.11. The van der Waals surface area contributed by atoms with E-state index in [0.29, 0.717) is 12.6 Å². The van der Waals surface area contributed by atoms with Gasteiger partial charge in [0.2, 0.25) is 0 Å². The van der Waals surface area contributed by atoms with Gasteiger partial charge in [-0.2, -0.15) is 0 Å². The zero-order chi connectivity index (χ0) is 8.81. The highest BCUT2D eigenvalue weighted by Crippen LogP contribution is 2.14. The molecule has 0 unspecified atom stereocenters. The van der Waals surface area contributed by atoms with Gasteiger partial charge in [0.25, 0.3) is 0 Å². The molecule has 3 heteroatoms. The molecular formula is C9H19NO2. The van der Waals surface area contributed by atoms with Gasteiger partial charge in [-0.25, -0.2) is 0 Å². The molecule has 0 aromatic heterocycles. The number of ether oxygens (including phenoxy) is 1. The molecule has 1 aliphatic rings. The van der Waals surface area contributed by atoms with Crippen molar-refractivity contribution in [2.75, 3.05) is 33.4 Å². The number of likely N-dealkylation sites (tertiary alicyclic amines) is 1. The molecule has 1 atom stereocenters. The predicted molar refractivity (Wildman–Crippen MR) is 48.2 cm³/mol. The second-order valence-corrected chi connectivity index (χ2v) is 3.43. The summed E-state index contributed by atoms with van der Waals surface area (Å²) in [5.74, 6) is 0. The third-order valence-electron chi connectivity index (χ3n) is 2.47. The number of aliphatic hydroxyl groups excluding tert-OH is 1. The topological polar surface area (TPSA) is 32.7 Å². The fraction of sp³-hybridized carbons (Fsp3) is 1.00. The number of nitrogens with zero attached hydrogens (tertiary/aromatic N) is 1.